The third kappa shape index (κ3) is 3.00. The van der Waals surface area contributed by atoms with Crippen LogP contribution in [0, 0.1) is 0 Å². The summed E-state index contributed by atoms with van der Waals surface area (Å²) in [5.41, 5.74) is -0.0842. The number of hydrogen-bond acceptors (Lipinski definition) is 4. The van der Waals surface area contributed by atoms with Crippen LogP contribution in [0.5, 0.6) is 0 Å². The number of carbonyl (C=O) groups is 1. The molecule has 0 aromatic heterocycles. The summed E-state index contributed by atoms with van der Waals surface area (Å²) in [5.74, 6) is -1.22. The van der Waals surface area contributed by atoms with E-state index in [2.05, 4.69) is 0 Å². The zero-order chi connectivity index (χ0) is 9.56. The van der Waals surface area contributed by atoms with Gasteiger partial charge in [0.15, 0.2) is 0 Å². The predicted molar refractivity (Wildman–Crippen MR) is 40.5 cm³/mol. The molecule has 70 valence electrons. The average Bonchev–Trinajstić information content (AvgIpc) is 2.05. The number of aliphatic carboxylic acids is 1. The molecule has 0 spiro atoms. The van der Waals surface area contributed by atoms with Crippen molar-refractivity contribution in [1.82, 2.24) is 0 Å². The van der Waals surface area contributed by atoms with Gasteiger partial charge in [0.25, 0.3) is 0 Å². The molecule has 0 radical (unpaired) electrons. The highest BCUT2D eigenvalue weighted by Gasteiger charge is 2.12. The first-order valence-corrected chi connectivity index (χ1v) is 3.44. The van der Waals surface area contributed by atoms with Crippen LogP contribution in [0.1, 0.15) is 6.42 Å². The lowest BCUT2D eigenvalue weighted by molar-refractivity contribution is -0.133. The Morgan fingerprint density at radius 1 is 1.08 bits per heavy atom. The highest BCUT2D eigenvalue weighted by molar-refractivity contribution is 5.87. The van der Waals surface area contributed by atoms with Crippen molar-refractivity contribution in [2.75, 3.05) is 19.8 Å². The molecule has 0 amide bonds. The SMILES string of the molecule is O=C(O)C(CCO)=C(CO)CO. The van der Waals surface area contributed by atoms with E-state index in [4.69, 9.17) is 20.4 Å². The Labute approximate surface area is 69.6 Å². The highest BCUT2D eigenvalue weighted by atomic mass is 16.4. The molecule has 0 aliphatic carbocycles. The van der Waals surface area contributed by atoms with Gasteiger partial charge < -0.3 is 20.4 Å². The summed E-state index contributed by atoms with van der Waals surface area (Å²) in [5, 5.41) is 34.2. The Balaban J connectivity index is 4.63. The topological polar surface area (TPSA) is 98.0 Å². The van der Waals surface area contributed by atoms with Crippen LogP contribution in [0.3, 0.4) is 0 Å². The van der Waals surface area contributed by atoms with E-state index in [1.165, 1.54) is 0 Å². The van der Waals surface area contributed by atoms with Crippen molar-refractivity contribution < 1.29 is 25.2 Å². The molecule has 4 N–H and O–H groups in total. The minimum Gasteiger partial charge on any atom is -0.478 e. The summed E-state index contributed by atoms with van der Waals surface area (Å²) >= 11 is 0. The summed E-state index contributed by atoms with van der Waals surface area (Å²) in [7, 11) is 0. The molecule has 0 rings (SSSR count). The van der Waals surface area contributed by atoms with Gasteiger partial charge in [-0.25, -0.2) is 4.79 Å². The van der Waals surface area contributed by atoms with Crippen molar-refractivity contribution >= 4 is 5.97 Å². The van der Waals surface area contributed by atoms with Crippen LogP contribution < -0.4 is 0 Å². The van der Waals surface area contributed by atoms with Gasteiger partial charge in [-0.05, 0) is 5.57 Å². The molecule has 0 unspecified atom stereocenters. The maximum atomic E-state index is 10.5. The van der Waals surface area contributed by atoms with Gasteiger partial charge in [-0.3, -0.25) is 0 Å². The number of aliphatic hydroxyl groups excluding tert-OH is 3. The maximum Gasteiger partial charge on any atom is 0.331 e. The van der Waals surface area contributed by atoms with Crippen LogP contribution in [0.15, 0.2) is 11.1 Å². The Morgan fingerprint density at radius 3 is 1.83 bits per heavy atom. The summed E-state index contributed by atoms with van der Waals surface area (Å²) in [4.78, 5) is 10.5. The molecule has 0 fully saturated rings. The molecule has 0 aromatic carbocycles. The Bertz CT molecular complexity index is 178. The van der Waals surface area contributed by atoms with E-state index >= 15 is 0 Å². The molecule has 5 nitrogen and oxygen atoms in total. The number of aliphatic hydroxyl groups is 3. The zero-order valence-electron chi connectivity index (χ0n) is 6.53. The van der Waals surface area contributed by atoms with Gasteiger partial charge in [-0.15, -0.1) is 0 Å². The Kier molecular flexibility index (Phi) is 5.27. The zero-order valence-corrected chi connectivity index (χ0v) is 6.53. The molecule has 0 aliphatic heterocycles. The third-order valence-electron chi connectivity index (χ3n) is 1.43. The van der Waals surface area contributed by atoms with Crippen molar-refractivity contribution in [3.63, 3.8) is 0 Å². The third-order valence-corrected chi connectivity index (χ3v) is 1.43. The van der Waals surface area contributed by atoms with Crippen molar-refractivity contribution in [3.05, 3.63) is 11.1 Å². The lowest BCUT2D eigenvalue weighted by atomic mass is 10.1. The quantitative estimate of drug-likeness (QED) is 0.392. The minimum absolute atomic E-state index is 0.0385. The number of hydrogen-bond donors (Lipinski definition) is 4. The molecule has 0 aromatic rings. The van der Waals surface area contributed by atoms with Gasteiger partial charge in [0.05, 0.1) is 13.2 Å². The number of carboxylic acid groups (broad SMARTS) is 1. The Morgan fingerprint density at radius 2 is 1.58 bits per heavy atom. The van der Waals surface area contributed by atoms with Crippen molar-refractivity contribution in [2.45, 2.75) is 6.42 Å². The molecule has 0 saturated carbocycles. The van der Waals surface area contributed by atoms with Gasteiger partial charge in [-0.1, -0.05) is 0 Å². The molecule has 0 atom stereocenters. The van der Waals surface area contributed by atoms with Crippen LogP contribution in [0.2, 0.25) is 0 Å². The molecule has 0 bridgehead atoms. The fourth-order valence-electron chi connectivity index (χ4n) is 0.788. The van der Waals surface area contributed by atoms with Crippen LogP contribution >= 0.6 is 0 Å². The van der Waals surface area contributed by atoms with Gasteiger partial charge >= 0.3 is 5.97 Å². The van der Waals surface area contributed by atoms with E-state index in [-0.39, 0.29) is 24.2 Å². The Hall–Kier alpha value is -0.910. The molecule has 5 heteroatoms. The number of carboxylic acids is 1. The lowest BCUT2D eigenvalue weighted by Gasteiger charge is -2.05. The van der Waals surface area contributed by atoms with Gasteiger partial charge in [0, 0.05) is 18.6 Å². The smallest absolute Gasteiger partial charge is 0.331 e. The second-order valence-corrected chi connectivity index (χ2v) is 2.18. The highest BCUT2D eigenvalue weighted by Crippen LogP contribution is 2.07. The first kappa shape index (κ1) is 11.1. The van der Waals surface area contributed by atoms with Crippen LogP contribution in [0.25, 0.3) is 0 Å². The van der Waals surface area contributed by atoms with Crippen molar-refractivity contribution in [2.24, 2.45) is 0 Å². The molecule has 0 heterocycles. The van der Waals surface area contributed by atoms with Crippen LogP contribution in [-0.2, 0) is 4.79 Å². The predicted octanol–water partition coefficient (Wildman–Crippen LogP) is -1.27. The van der Waals surface area contributed by atoms with Crippen LogP contribution in [0.4, 0.5) is 0 Å². The summed E-state index contributed by atoms with van der Waals surface area (Å²) < 4.78 is 0. The normalized spacial score (nSPS) is 9.58. The second-order valence-electron chi connectivity index (χ2n) is 2.18. The molecule has 12 heavy (non-hydrogen) atoms. The first-order valence-electron chi connectivity index (χ1n) is 3.44. The van der Waals surface area contributed by atoms with E-state index in [0.29, 0.717) is 0 Å². The van der Waals surface area contributed by atoms with E-state index < -0.39 is 19.2 Å². The van der Waals surface area contributed by atoms with E-state index in [9.17, 15) is 4.79 Å². The lowest BCUT2D eigenvalue weighted by Crippen LogP contribution is -2.11. The van der Waals surface area contributed by atoms with Crippen molar-refractivity contribution in [3.8, 4) is 0 Å². The molecular formula is C7H12O5. The molecule has 0 aliphatic rings. The van der Waals surface area contributed by atoms with E-state index in [1.54, 1.807) is 0 Å². The summed E-state index contributed by atoms with van der Waals surface area (Å²) in [6, 6.07) is 0. The van der Waals surface area contributed by atoms with Gasteiger partial charge in [0.1, 0.15) is 0 Å². The maximum absolute atomic E-state index is 10.5. The van der Waals surface area contributed by atoms with Crippen LogP contribution in [-0.4, -0.2) is 46.2 Å². The summed E-state index contributed by atoms with van der Waals surface area (Å²) in [6.45, 7) is -1.32. The minimum atomic E-state index is -1.22. The van der Waals surface area contributed by atoms with Gasteiger partial charge in [0.2, 0.25) is 0 Å². The van der Waals surface area contributed by atoms with Gasteiger partial charge in [-0.2, -0.15) is 0 Å². The number of rotatable bonds is 5. The first-order chi connectivity index (χ1) is 5.67. The largest absolute Gasteiger partial charge is 0.478 e. The standard InChI is InChI=1S/C7H12O5/c8-2-1-6(7(11)12)5(3-9)4-10/h8-10H,1-4H2,(H,11,12). The second kappa shape index (κ2) is 5.70. The summed E-state index contributed by atoms with van der Waals surface area (Å²) in [6.07, 6.45) is -0.0637. The van der Waals surface area contributed by atoms with E-state index in [0.717, 1.165) is 0 Å². The van der Waals surface area contributed by atoms with Crippen molar-refractivity contribution in [1.29, 1.82) is 0 Å². The van der Waals surface area contributed by atoms with E-state index in [1.807, 2.05) is 0 Å². The molecular weight excluding hydrogens is 164 g/mol. The molecule has 0 saturated heterocycles. The monoisotopic (exact) mass is 176 g/mol. The fourth-order valence-corrected chi connectivity index (χ4v) is 0.788. The average molecular weight is 176 g/mol. The fraction of sp³-hybridized carbons (Fsp3) is 0.571.